The molecule has 0 unspecified atom stereocenters. The lowest BCUT2D eigenvalue weighted by Gasteiger charge is -2.19. The van der Waals surface area contributed by atoms with Gasteiger partial charge in [-0.2, -0.15) is 0 Å². The van der Waals surface area contributed by atoms with E-state index in [0.717, 1.165) is 24.2 Å². The first-order valence-corrected chi connectivity index (χ1v) is 7.19. The number of halogens is 2. The van der Waals surface area contributed by atoms with Crippen molar-refractivity contribution in [2.75, 3.05) is 18.5 Å². The van der Waals surface area contributed by atoms with Gasteiger partial charge in [-0.15, -0.1) is 22.9 Å². The Kier molecular flexibility index (Phi) is 4.61. The molecule has 1 nitrogen and oxygen atoms in total. The van der Waals surface area contributed by atoms with Crippen molar-refractivity contribution in [1.29, 1.82) is 0 Å². The lowest BCUT2D eigenvalue weighted by Crippen LogP contribution is -2.20. The number of alkyl halides is 1. The minimum Gasteiger partial charge on any atom is -0.374 e. The molecule has 18 heavy (non-hydrogen) atoms. The Morgan fingerprint density at radius 1 is 1.33 bits per heavy atom. The number of benzene rings is 1. The van der Waals surface area contributed by atoms with Crippen LogP contribution in [-0.4, -0.2) is 13.6 Å². The van der Waals surface area contributed by atoms with Gasteiger partial charge in [0.05, 0.1) is 0 Å². The van der Waals surface area contributed by atoms with Crippen LogP contribution in [0.1, 0.15) is 10.4 Å². The number of anilines is 1. The molecule has 1 aromatic carbocycles. The van der Waals surface area contributed by atoms with Crippen molar-refractivity contribution >= 4 is 28.6 Å². The number of hydrogen-bond acceptors (Lipinski definition) is 2. The van der Waals surface area contributed by atoms with E-state index in [1.54, 1.807) is 17.4 Å². The van der Waals surface area contributed by atoms with Crippen LogP contribution in [0.15, 0.2) is 35.7 Å². The van der Waals surface area contributed by atoms with Crippen molar-refractivity contribution in [3.8, 4) is 0 Å². The number of nitrogens with zero attached hydrogens (tertiary/aromatic N) is 1. The summed E-state index contributed by atoms with van der Waals surface area (Å²) in [5.74, 6) is 0.106. The van der Waals surface area contributed by atoms with Gasteiger partial charge >= 0.3 is 0 Å². The van der Waals surface area contributed by atoms with Gasteiger partial charge in [0.1, 0.15) is 5.82 Å². The second-order valence-corrected chi connectivity index (χ2v) is 5.50. The maximum atomic E-state index is 13.4. The maximum Gasteiger partial charge on any atom is 0.125 e. The van der Waals surface area contributed by atoms with Crippen LogP contribution in [0.2, 0.25) is 0 Å². The molecule has 0 radical (unpaired) electrons. The molecule has 0 N–H and O–H groups in total. The Balaban J connectivity index is 2.03. The van der Waals surface area contributed by atoms with Crippen molar-refractivity contribution in [2.24, 2.45) is 0 Å². The molecule has 0 atom stereocenters. The summed E-state index contributed by atoms with van der Waals surface area (Å²) in [5, 5.41) is 2.07. The molecule has 2 rings (SSSR count). The van der Waals surface area contributed by atoms with Gasteiger partial charge in [0, 0.05) is 30.0 Å². The fourth-order valence-corrected chi connectivity index (χ4v) is 2.65. The predicted octanol–water partition coefficient (Wildman–Crippen LogP) is 4.30. The Bertz CT molecular complexity index is 499. The fourth-order valence-electron chi connectivity index (χ4n) is 1.79. The van der Waals surface area contributed by atoms with E-state index in [2.05, 4.69) is 16.3 Å². The van der Waals surface area contributed by atoms with Gasteiger partial charge in [0.25, 0.3) is 0 Å². The molecule has 0 saturated heterocycles. The van der Waals surface area contributed by atoms with Gasteiger partial charge in [-0.25, -0.2) is 4.39 Å². The monoisotopic (exact) mass is 283 g/mol. The molecule has 4 heteroatoms. The van der Waals surface area contributed by atoms with E-state index >= 15 is 0 Å². The molecule has 1 aromatic heterocycles. The molecule has 0 bridgehead atoms. The fraction of sp³-hybridized carbons (Fsp3) is 0.286. The molecule has 0 aliphatic carbocycles. The normalized spacial score (nSPS) is 10.6. The number of thiophene rings is 1. The van der Waals surface area contributed by atoms with Crippen LogP contribution in [0.4, 0.5) is 10.1 Å². The first kappa shape index (κ1) is 13.4. The summed E-state index contributed by atoms with van der Waals surface area (Å²) in [5.41, 5.74) is 1.69. The third-order valence-electron chi connectivity index (χ3n) is 2.81. The van der Waals surface area contributed by atoms with E-state index in [0.29, 0.717) is 5.88 Å². The Morgan fingerprint density at radius 2 is 2.17 bits per heavy atom. The molecule has 0 fully saturated rings. The SMILES string of the molecule is CN(CCc1cccs1)c1cc(F)cc(CCl)c1. The zero-order chi connectivity index (χ0) is 13.0. The Hall–Kier alpha value is -1.06. The molecule has 0 amide bonds. The third kappa shape index (κ3) is 3.47. The van der Waals surface area contributed by atoms with Gasteiger partial charge < -0.3 is 4.90 Å². The second kappa shape index (κ2) is 6.21. The maximum absolute atomic E-state index is 13.4. The predicted molar refractivity (Wildman–Crippen MR) is 77.3 cm³/mol. The summed E-state index contributed by atoms with van der Waals surface area (Å²) in [6, 6.07) is 9.13. The van der Waals surface area contributed by atoms with Crippen LogP contribution >= 0.6 is 22.9 Å². The topological polar surface area (TPSA) is 3.24 Å². The van der Waals surface area contributed by atoms with Crippen molar-refractivity contribution in [2.45, 2.75) is 12.3 Å². The summed E-state index contributed by atoms with van der Waals surface area (Å²) < 4.78 is 13.4. The van der Waals surface area contributed by atoms with E-state index in [1.807, 2.05) is 19.2 Å². The molecule has 0 aliphatic heterocycles. The van der Waals surface area contributed by atoms with E-state index in [1.165, 1.54) is 10.9 Å². The van der Waals surface area contributed by atoms with Gasteiger partial charge in [-0.3, -0.25) is 0 Å². The summed E-state index contributed by atoms with van der Waals surface area (Å²) in [6.07, 6.45) is 0.973. The van der Waals surface area contributed by atoms with Crippen molar-refractivity contribution < 1.29 is 4.39 Å². The zero-order valence-electron chi connectivity index (χ0n) is 10.2. The van der Waals surface area contributed by atoms with Crippen LogP contribution in [0, 0.1) is 5.82 Å². The summed E-state index contributed by atoms with van der Waals surface area (Å²) in [6.45, 7) is 0.867. The lowest BCUT2D eigenvalue weighted by atomic mass is 10.2. The zero-order valence-corrected chi connectivity index (χ0v) is 11.8. The van der Waals surface area contributed by atoms with Crippen molar-refractivity contribution in [3.05, 3.63) is 52.0 Å². The molecule has 0 saturated carbocycles. The van der Waals surface area contributed by atoms with Crippen molar-refractivity contribution in [3.63, 3.8) is 0 Å². The highest BCUT2D eigenvalue weighted by Gasteiger charge is 2.05. The van der Waals surface area contributed by atoms with Crippen LogP contribution in [0.5, 0.6) is 0 Å². The van der Waals surface area contributed by atoms with Gasteiger partial charge in [0.15, 0.2) is 0 Å². The summed E-state index contributed by atoms with van der Waals surface area (Å²) in [4.78, 5) is 3.40. The smallest absolute Gasteiger partial charge is 0.125 e. The minimum absolute atomic E-state index is 0.230. The number of likely N-dealkylation sites (N-methyl/N-ethyl adjacent to an activating group) is 1. The largest absolute Gasteiger partial charge is 0.374 e. The molecular weight excluding hydrogens is 269 g/mol. The molecule has 2 aromatic rings. The van der Waals surface area contributed by atoms with Gasteiger partial charge in [0.2, 0.25) is 0 Å². The van der Waals surface area contributed by atoms with Crippen LogP contribution in [0.3, 0.4) is 0 Å². The lowest BCUT2D eigenvalue weighted by molar-refractivity contribution is 0.625. The van der Waals surface area contributed by atoms with E-state index < -0.39 is 0 Å². The minimum atomic E-state index is -0.230. The summed E-state index contributed by atoms with van der Waals surface area (Å²) in [7, 11) is 1.97. The average molecular weight is 284 g/mol. The summed E-state index contributed by atoms with van der Waals surface area (Å²) >= 11 is 7.50. The highest BCUT2D eigenvalue weighted by Crippen LogP contribution is 2.19. The van der Waals surface area contributed by atoms with E-state index in [-0.39, 0.29) is 5.82 Å². The first-order valence-electron chi connectivity index (χ1n) is 5.78. The van der Waals surface area contributed by atoms with Crippen LogP contribution in [-0.2, 0) is 12.3 Å². The molecule has 0 aliphatic rings. The molecule has 0 spiro atoms. The Labute approximate surface area is 116 Å². The number of hydrogen-bond donors (Lipinski definition) is 0. The van der Waals surface area contributed by atoms with Gasteiger partial charge in [-0.05, 0) is 41.6 Å². The standard InChI is InChI=1S/C14H15ClFNS/c1-17(5-4-14-3-2-6-18-14)13-8-11(10-15)7-12(16)9-13/h2-3,6-9H,4-5,10H2,1H3. The Morgan fingerprint density at radius 3 is 2.83 bits per heavy atom. The van der Waals surface area contributed by atoms with E-state index in [4.69, 9.17) is 11.6 Å². The second-order valence-electron chi connectivity index (χ2n) is 4.20. The number of rotatable bonds is 5. The molecular formula is C14H15ClFNS. The van der Waals surface area contributed by atoms with Crippen molar-refractivity contribution in [1.82, 2.24) is 0 Å². The van der Waals surface area contributed by atoms with E-state index in [9.17, 15) is 4.39 Å². The first-order chi connectivity index (χ1) is 8.69. The molecule has 1 heterocycles. The highest BCUT2D eigenvalue weighted by atomic mass is 35.5. The highest BCUT2D eigenvalue weighted by molar-refractivity contribution is 7.09. The average Bonchev–Trinajstić information content (AvgIpc) is 2.88. The van der Waals surface area contributed by atoms with Crippen LogP contribution in [0.25, 0.3) is 0 Å². The third-order valence-corrected chi connectivity index (χ3v) is 4.06. The molecule has 96 valence electrons. The van der Waals surface area contributed by atoms with Gasteiger partial charge in [-0.1, -0.05) is 6.07 Å². The quantitative estimate of drug-likeness (QED) is 0.739. The van der Waals surface area contributed by atoms with Crippen LogP contribution < -0.4 is 4.90 Å².